The Bertz CT molecular complexity index is 600. The Morgan fingerprint density at radius 1 is 1.50 bits per heavy atom. The van der Waals surface area contributed by atoms with Gasteiger partial charge in [-0.25, -0.2) is 0 Å². The number of thiophene rings is 1. The quantitative estimate of drug-likeness (QED) is 0.906. The van der Waals surface area contributed by atoms with E-state index in [1.807, 2.05) is 18.7 Å². The standard InChI is InChI=1S/C13H16ClN3S/c1-7-13(8(2)17(3)16-7)15-10-4-5-11-9(10)6-12(14)18-11/h6,10,15H,4-5H2,1-3H3. The number of nitrogens with zero attached hydrogens (tertiary/aromatic N) is 2. The molecular weight excluding hydrogens is 266 g/mol. The highest BCUT2D eigenvalue weighted by Crippen LogP contribution is 2.41. The van der Waals surface area contributed by atoms with Crippen LogP contribution in [0.2, 0.25) is 4.34 Å². The summed E-state index contributed by atoms with van der Waals surface area (Å²) in [5, 5.41) is 8.08. The number of aromatic nitrogens is 2. The number of anilines is 1. The van der Waals surface area contributed by atoms with Gasteiger partial charge in [-0.05, 0) is 38.3 Å². The van der Waals surface area contributed by atoms with Crippen molar-refractivity contribution in [3.05, 3.63) is 32.2 Å². The molecule has 1 aliphatic rings. The number of rotatable bonds is 2. The molecule has 0 spiro atoms. The van der Waals surface area contributed by atoms with Crippen LogP contribution in [-0.2, 0) is 13.5 Å². The van der Waals surface area contributed by atoms with Crippen molar-refractivity contribution < 1.29 is 0 Å². The Labute approximate surface area is 116 Å². The molecule has 0 saturated heterocycles. The highest BCUT2D eigenvalue weighted by Gasteiger charge is 2.26. The second-order valence-electron chi connectivity index (χ2n) is 4.83. The number of halogens is 1. The monoisotopic (exact) mass is 281 g/mol. The van der Waals surface area contributed by atoms with Gasteiger partial charge in [0.2, 0.25) is 0 Å². The number of aryl methyl sites for hydroxylation is 3. The molecule has 0 aromatic carbocycles. The van der Waals surface area contributed by atoms with E-state index in [9.17, 15) is 0 Å². The SMILES string of the molecule is Cc1nn(C)c(C)c1NC1CCc2sc(Cl)cc21. The molecule has 0 fully saturated rings. The molecule has 0 radical (unpaired) electrons. The fourth-order valence-corrected chi connectivity index (χ4v) is 3.99. The van der Waals surface area contributed by atoms with Gasteiger partial charge < -0.3 is 5.32 Å². The smallest absolute Gasteiger partial charge is 0.0934 e. The topological polar surface area (TPSA) is 29.9 Å². The van der Waals surface area contributed by atoms with Crippen molar-refractivity contribution >= 4 is 28.6 Å². The highest BCUT2D eigenvalue weighted by atomic mass is 35.5. The summed E-state index contributed by atoms with van der Waals surface area (Å²) < 4.78 is 2.82. The predicted molar refractivity (Wildman–Crippen MR) is 76.7 cm³/mol. The van der Waals surface area contributed by atoms with Crippen molar-refractivity contribution in [2.45, 2.75) is 32.7 Å². The summed E-state index contributed by atoms with van der Waals surface area (Å²) in [6.07, 6.45) is 2.27. The maximum atomic E-state index is 6.09. The maximum absolute atomic E-state index is 6.09. The lowest BCUT2D eigenvalue weighted by molar-refractivity contribution is 0.729. The van der Waals surface area contributed by atoms with Crippen LogP contribution in [0.3, 0.4) is 0 Å². The fourth-order valence-electron chi connectivity index (χ4n) is 2.64. The van der Waals surface area contributed by atoms with E-state index in [-0.39, 0.29) is 0 Å². The van der Waals surface area contributed by atoms with Gasteiger partial charge in [0, 0.05) is 11.9 Å². The minimum atomic E-state index is 0.380. The van der Waals surface area contributed by atoms with Gasteiger partial charge in [-0.2, -0.15) is 5.10 Å². The van der Waals surface area contributed by atoms with Crippen molar-refractivity contribution in [2.75, 3.05) is 5.32 Å². The van der Waals surface area contributed by atoms with Crippen molar-refractivity contribution in [3.8, 4) is 0 Å². The summed E-state index contributed by atoms with van der Waals surface area (Å²) in [5.41, 5.74) is 4.78. The van der Waals surface area contributed by atoms with Crippen LogP contribution in [0.25, 0.3) is 0 Å². The van der Waals surface area contributed by atoms with Gasteiger partial charge in [0.1, 0.15) is 0 Å². The Morgan fingerprint density at radius 2 is 2.28 bits per heavy atom. The average Bonchev–Trinajstić information content (AvgIpc) is 2.90. The third kappa shape index (κ3) is 1.84. The molecule has 2 heterocycles. The molecule has 3 rings (SSSR count). The molecule has 2 aromatic heterocycles. The maximum Gasteiger partial charge on any atom is 0.0934 e. The third-order valence-electron chi connectivity index (χ3n) is 3.67. The summed E-state index contributed by atoms with van der Waals surface area (Å²) in [4.78, 5) is 1.43. The van der Waals surface area contributed by atoms with Gasteiger partial charge in [0.15, 0.2) is 0 Å². The van der Waals surface area contributed by atoms with E-state index in [1.165, 1.54) is 16.1 Å². The van der Waals surface area contributed by atoms with E-state index in [2.05, 4.69) is 23.4 Å². The second kappa shape index (κ2) is 4.28. The number of hydrogen-bond donors (Lipinski definition) is 1. The summed E-state index contributed by atoms with van der Waals surface area (Å²) in [7, 11) is 1.98. The predicted octanol–water partition coefficient (Wildman–Crippen LogP) is 3.85. The molecule has 3 nitrogen and oxygen atoms in total. The third-order valence-corrected chi connectivity index (χ3v) is 5.01. The van der Waals surface area contributed by atoms with Crippen LogP contribution >= 0.6 is 22.9 Å². The molecule has 0 amide bonds. The molecule has 1 N–H and O–H groups in total. The van der Waals surface area contributed by atoms with Crippen LogP contribution in [0, 0.1) is 13.8 Å². The van der Waals surface area contributed by atoms with Crippen LogP contribution in [0.1, 0.15) is 34.3 Å². The molecule has 1 aliphatic carbocycles. The Hall–Kier alpha value is -1.00. The molecule has 0 bridgehead atoms. The molecule has 2 aromatic rings. The molecule has 1 atom stereocenters. The van der Waals surface area contributed by atoms with Gasteiger partial charge in [0.05, 0.1) is 27.5 Å². The summed E-state index contributed by atoms with van der Waals surface area (Å²) in [6, 6.07) is 2.48. The normalized spacial score (nSPS) is 18.1. The summed E-state index contributed by atoms with van der Waals surface area (Å²) >= 11 is 7.80. The minimum Gasteiger partial charge on any atom is -0.375 e. The lowest BCUT2D eigenvalue weighted by Gasteiger charge is -2.14. The van der Waals surface area contributed by atoms with Gasteiger partial charge in [-0.1, -0.05) is 11.6 Å². The number of nitrogens with one attached hydrogen (secondary N) is 1. The Kier molecular flexibility index (Phi) is 2.87. The minimum absolute atomic E-state index is 0.380. The Balaban J connectivity index is 1.90. The van der Waals surface area contributed by atoms with Gasteiger partial charge in [-0.3, -0.25) is 4.68 Å². The van der Waals surface area contributed by atoms with Crippen LogP contribution in [0.15, 0.2) is 6.07 Å². The Morgan fingerprint density at radius 3 is 2.94 bits per heavy atom. The van der Waals surface area contributed by atoms with E-state index in [4.69, 9.17) is 11.6 Å². The van der Waals surface area contributed by atoms with Crippen LogP contribution in [0.5, 0.6) is 0 Å². The lowest BCUT2D eigenvalue weighted by atomic mass is 10.1. The number of fused-ring (bicyclic) bond motifs is 1. The highest BCUT2D eigenvalue weighted by molar-refractivity contribution is 7.16. The first kappa shape index (κ1) is 12.1. The zero-order chi connectivity index (χ0) is 12.9. The van der Waals surface area contributed by atoms with Gasteiger partial charge in [-0.15, -0.1) is 11.3 Å². The van der Waals surface area contributed by atoms with E-state index in [0.29, 0.717) is 6.04 Å². The first-order valence-electron chi connectivity index (χ1n) is 6.11. The zero-order valence-corrected chi connectivity index (χ0v) is 12.3. The fraction of sp³-hybridized carbons (Fsp3) is 0.462. The average molecular weight is 282 g/mol. The molecule has 0 aliphatic heterocycles. The van der Waals surface area contributed by atoms with E-state index in [1.54, 1.807) is 11.3 Å². The molecule has 0 saturated carbocycles. The first-order valence-corrected chi connectivity index (χ1v) is 7.30. The second-order valence-corrected chi connectivity index (χ2v) is 6.60. The first-order chi connectivity index (χ1) is 8.56. The van der Waals surface area contributed by atoms with Gasteiger partial charge >= 0.3 is 0 Å². The number of hydrogen-bond acceptors (Lipinski definition) is 3. The molecular formula is C13H16ClN3S. The van der Waals surface area contributed by atoms with E-state index >= 15 is 0 Å². The molecule has 18 heavy (non-hydrogen) atoms. The molecule has 5 heteroatoms. The van der Waals surface area contributed by atoms with E-state index in [0.717, 1.165) is 28.6 Å². The van der Waals surface area contributed by atoms with Crippen LogP contribution < -0.4 is 5.32 Å². The van der Waals surface area contributed by atoms with Crippen LogP contribution in [0.4, 0.5) is 5.69 Å². The van der Waals surface area contributed by atoms with Crippen molar-refractivity contribution in [1.29, 1.82) is 0 Å². The van der Waals surface area contributed by atoms with Crippen molar-refractivity contribution in [3.63, 3.8) is 0 Å². The molecule has 96 valence electrons. The zero-order valence-electron chi connectivity index (χ0n) is 10.7. The van der Waals surface area contributed by atoms with Crippen molar-refractivity contribution in [1.82, 2.24) is 9.78 Å². The van der Waals surface area contributed by atoms with E-state index < -0.39 is 0 Å². The summed E-state index contributed by atoms with van der Waals surface area (Å²) in [5.74, 6) is 0. The molecule has 1 unspecified atom stereocenters. The van der Waals surface area contributed by atoms with Crippen molar-refractivity contribution in [2.24, 2.45) is 7.05 Å². The largest absolute Gasteiger partial charge is 0.375 e. The van der Waals surface area contributed by atoms with Gasteiger partial charge in [0.25, 0.3) is 0 Å². The lowest BCUT2D eigenvalue weighted by Crippen LogP contribution is -2.08. The summed E-state index contributed by atoms with van der Waals surface area (Å²) in [6.45, 7) is 4.14. The van der Waals surface area contributed by atoms with Crippen LogP contribution in [-0.4, -0.2) is 9.78 Å².